The minimum atomic E-state index is -0.596. The molecule has 1 saturated heterocycles. The number of hydrogen-bond donors (Lipinski definition) is 1. The number of amides is 2. The summed E-state index contributed by atoms with van der Waals surface area (Å²) in [5, 5.41) is 2.49. The Kier molecular flexibility index (Phi) is 5.36. The molecule has 1 aliphatic rings. The average molecular weight is 401 g/mol. The van der Waals surface area contributed by atoms with Gasteiger partial charge in [-0.2, -0.15) is 0 Å². The molecule has 0 radical (unpaired) electrons. The molecule has 0 saturated carbocycles. The fourth-order valence-electron chi connectivity index (χ4n) is 2.65. The van der Waals surface area contributed by atoms with Crippen LogP contribution >= 0.6 is 12.2 Å². The lowest BCUT2D eigenvalue weighted by atomic mass is 10.1. The smallest absolute Gasteiger partial charge is 0.270 e. The lowest BCUT2D eigenvalue weighted by molar-refractivity contribution is -0.122. The molecule has 1 aliphatic heterocycles. The normalized spacial score (nSPS) is 15.6. The summed E-state index contributed by atoms with van der Waals surface area (Å²) in [4.78, 5) is 28.4. The summed E-state index contributed by atoms with van der Waals surface area (Å²) < 4.78 is 16.1. The van der Waals surface area contributed by atoms with Crippen molar-refractivity contribution in [1.82, 2.24) is 5.32 Å². The maximum absolute atomic E-state index is 13.1. The number of methoxy groups -OCH3 is 2. The molecule has 2 aromatic rings. The second-order valence-corrected chi connectivity index (χ2v) is 6.45. The lowest BCUT2D eigenvalue weighted by Crippen LogP contribution is -2.54. The van der Waals surface area contributed by atoms with Gasteiger partial charge >= 0.3 is 0 Å². The van der Waals surface area contributed by atoms with Crippen molar-refractivity contribution < 1.29 is 23.5 Å². The Hall–Kier alpha value is -3.33. The van der Waals surface area contributed by atoms with Gasteiger partial charge in [0.15, 0.2) is 11.0 Å². The Balaban J connectivity index is 2.02. The predicted octanol–water partition coefficient (Wildman–Crippen LogP) is 2.19. The molecule has 2 heterocycles. The maximum atomic E-state index is 13.1. The number of carbonyl (C=O) groups is 2. The van der Waals surface area contributed by atoms with Gasteiger partial charge in [-0.15, -0.1) is 0 Å². The van der Waals surface area contributed by atoms with Gasteiger partial charge in [-0.25, -0.2) is 4.90 Å². The highest BCUT2D eigenvalue weighted by Crippen LogP contribution is 2.34. The van der Waals surface area contributed by atoms with Gasteiger partial charge < -0.3 is 18.8 Å². The van der Waals surface area contributed by atoms with E-state index < -0.39 is 11.8 Å². The van der Waals surface area contributed by atoms with Crippen molar-refractivity contribution in [2.24, 2.45) is 0 Å². The molecular weight excluding hydrogens is 382 g/mol. The van der Waals surface area contributed by atoms with Gasteiger partial charge in [0.1, 0.15) is 22.8 Å². The molecule has 146 valence electrons. The van der Waals surface area contributed by atoms with Crippen LogP contribution in [0.5, 0.6) is 11.5 Å². The molecule has 0 bridgehead atoms. The Morgan fingerprint density at radius 1 is 1.14 bits per heavy atom. The minimum Gasteiger partial charge on any atom is -0.497 e. The molecule has 2 amide bonds. The minimum absolute atomic E-state index is 0.0379. The van der Waals surface area contributed by atoms with Gasteiger partial charge in [-0.05, 0) is 36.5 Å². The van der Waals surface area contributed by atoms with E-state index in [0.717, 1.165) is 0 Å². The van der Waals surface area contributed by atoms with Crippen LogP contribution in [0.4, 0.5) is 11.6 Å². The van der Waals surface area contributed by atoms with Gasteiger partial charge in [-0.1, -0.05) is 0 Å². The van der Waals surface area contributed by atoms with E-state index in [4.69, 9.17) is 26.1 Å². The average Bonchev–Trinajstić information content (AvgIpc) is 3.14. The highest BCUT2D eigenvalue weighted by molar-refractivity contribution is 7.80. The molecule has 28 heavy (non-hydrogen) atoms. The number of thiocarbonyl (C=S) groups is 1. The van der Waals surface area contributed by atoms with Crippen LogP contribution in [0.1, 0.15) is 5.76 Å². The number of nitrogens with one attached hydrogen (secondary N) is 1. The van der Waals surface area contributed by atoms with E-state index in [0.29, 0.717) is 28.8 Å². The third kappa shape index (κ3) is 3.56. The maximum Gasteiger partial charge on any atom is 0.270 e. The van der Waals surface area contributed by atoms with Crippen LogP contribution in [0.2, 0.25) is 0 Å². The Morgan fingerprint density at radius 2 is 1.89 bits per heavy atom. The van der Waals surface area contributed by atoms with E-state index in [1.54, 1.807) is 35.2 Å². The Morgan fingerprint density at radius 3 is 2.50 bits per heavy atom. The quantitative estimate of drug-likeness (QED) is 0.467. The number of benzene rings is 1. The molecular formula is C19H19N3O5S. The van der Waals surface area contributed by atoms with Crippen molar-refractivity contribution in [3.8, 4) is 11.5 Å². The van der Waals surface area contributed by atoms with Crippen molar-refractivity contribution >= 4 is 46.8 Å². The zero-order valence-corrected chi connectivity index (χ0v) is 16.6. The van der Waals surface area contributed by atoms with Crippen LogP contribution in [0.3, 0.4) is 0 Å². The fraction of sp³-hybridized carbons (Fsp3) is 0.211. The molecule has 3 rings (SSSR count). The monoisotopic (exact) mass is 401 g/mol. The first-order valence-corrected chi connectivity index (χ1v) is 8.67. The first-order valence-electron chi connectivity index (χ1n) is 8.26. The number of rotatable bonds is 5. The SMILES string of the molecule is COc1ccc(N2C(=O)/C(=C/c3ccc(N(C)C)o3)C(=O)NC2=S)c(OC)c1. The van der Waals surface area contributed by atoms with Crippen LogP contribution in [0, 0.1) is 0 Å². The summed E-state index contributed by atoms with van der Waals surface area (Å²) in [6.45, 7) is 0. The summed E-state index contributed by atoms with van der Waals surface area (Å²) in [5.74, 6) is 0.721. The summed E-state index contributed by atoms with van der Waals surface area (Å²) in [5.41, 5.74) is 0.281. The molecule has 0 atom stereocenters. The van der Waals surface area contributed by atoms with Crippen molar-refractivity contribution in [2.45, 2.75) is 0 Å². The van der Waals surface area contributed by atoms with E-state index in [9.17, 15) is 9.59 Å². The lowest BCUT2D eigenvalue weighted by Gasteiger charge is -2.29. The number of nitrogens with zero attached hydrogens (tertiary/aromatic N) is 2. The van der Waals surface area contributed by atoms with E-state index in [-0.39, 0.29) is 10.7 Å². The summed E-state index contributed by atoms with van der Waals surface area (Å²) in [6, 6.07) is 8.35. The summed E-state index contributed by atoms with van der Waals surface area (Å²) in [7, 11) is 6.64. The van der Waals surface area contributed by atoms with Crippen molar-refractivity contribution in [2.75, 3.05) is 38.1 Å². The molecule has 1 aromatic heterocycles. The standard InChI is InChI=1S/C19H19N3O5S/c1-21(2)16-8-6-12(27-16)9-13-17(23)20-19(28)22(18(13)24)14-7-5-11(25-3)10-15(14)26-4/h5-10H,1-4H3,(H,20,23,28)/b13-9+. The molecule has 9 heteroatoms. The van der Waals surface area contributed by atoms with Crippen LogP contribution in [-0.2, 0) is 9.59 Å². The second kappa shape index (κ2) is 7.73. The third-order valence-corrected chi connectivity index (χ3v) is 4.35. The highest BCUT2D eigenvalue weighted by Gasteiger charge is 2.36. The summed E-state index contributed by atoms with van der Waals surface area (Å²) in [6.07, 6.45) is 1.38. The highest BCUT2D eigenvalue weighted by atomic mass is 32.1. The predicted molar refractivity (Wildman–Crippen MR) is 109 cm³/mol. The van der Waals surface area contributed by atoms with Gasteiger partial charge in [-0.3, -0.25) is 14.9 Å². The second-order valence-electron chi connectivity index (χ2n) is 6.07. The van der Waals surface area contributed by atoms with E-state index >= 15 is 0 Å². The van der Waals surface area contributed by atoms with Gasteiger partial charge in [0.05, 0.1) is 19.9 Å². The third-order valence-electron chi connectivity index (χ3n) is 4.07. The zero-order chi connectivity index (χ0) is 20.4. The molecule has 1 aromatic carbocycles. The first kappa shape index (κ1) is 19.4. The molecule has 8 nitrogen and oxygen atoms in total. The molecule has 0 aliphatic carbocycles. The first-order chi connectivity index (χ1) is 13.3. The van der Waals surface area contributed by atoms with Crippen molar-refractivity contribution in [3.05, 3.63) is 41.7 Å². The Bertz CT molecular complexity index is 980. The Labute approximate surface area is 167 Å². The number of anilines is 2. The van der Waals surface area contributed by atoms with E-state index in [1.807, 2.05) is 14.1 Å². The van der Waals surface area contributed by atoms with Gasteiger partial charge in [0.2, 0.25) is 0 Å². The van der Waals surface area contributed by atoms with E-state index in [2.05, 4.69) is 5.32 Å². The molecule has 1 N–H and O–H groups in total. The molecule has 1 fully saturated rings. The van der Waals surface area contributed by atoms with Crippen molar-refractivity contribution in [3.63, 3.8) is 0 Å². The largest absolute Gasteiger partial charge is 0.497 e. The van der Waals surface area contributed by atoms with E-state index in [1.165, 1.54) is 25.2 Å². The number of furan rings is 1. The van der Waals surface area contributed by atoms with Crippen LogP contribution < -0.4 is 24.6 Å². The van der Waals surface area contributed by atoms with Crippen LogP contribution in [0.25, 0.3) is 6.08 Å². The number of hydrogen-bond acceptors (Lipinski definition) is 7. The van der Waals surface area contributed by atoms with Crippen LogP contribution in [0.15, 0.2) is 40.3 Å². The van der Waals surface area contributed by atoms with Gasteiger partial charge in [0.25, 0.3) is 11.8 Å². The molecule has 0 spiro atoms. The summed E-state index contributed by atoms with van der Waals surface area (Å²) >= 11 is 5.22. The zero-order valence-electron chi connectivity index (χ0n) is 15.8. The number of carbonyl (C=O) groups excluding carboxylic acids is 2. The van der Waals surface area contributed by atoms with Gasteiger partial charge in [0, 0.05) is 26.2 Å². The molecule has 0 unspecified atom stereocenters. The van der Waals surface area contributed by atoms with Crippen molar-refractivity contribution in [1.29, 1.82) is 0 Å². The topological polar surface area (TPSA) is 84.2 Å². The fourth-order valence-corrected chi connectivity index (χ4v) is 2.92. The van der Waals surface area contributed by atoms with Crippen LogP contribution in [-0.4, -0.2) is 45.2 Å². The number of ether oxygens (including phenoxy) is 2.